The number of nitrogens with one attached hydrogen (secondary N) is 1. The first kappa shape index (κ1) is 13.0. The highest BCUT2D eigenvalue weighted by atomic mass is 16.5. The zero-order valence-electron chi connectivity index (χ0n) is 10.9. The average molecular weight is 257 g/mol. The topological polar surface area (TPSA) is 64.1 Å². The maximum Gasteiger partial charge on any atom is 0.276 e. The predicted molar refractivity (Wildman–Crippen MR) is 72.3 cm³/mol. The van der Waals surface area contributed by atoms with Crippen LogP contribution >= 0.6 is 0 Å². The molecule has 1 aromatic carbocycles. The van der Waals surface area contributed by atoms with Gasteiger partial charge in [-0.15, -0.1) is 10.2 Å². The molecule has 0 spiro atoms. The van der Waals surface area contributed by atoms with Gasteiger partial charge >= 0.3 is 0 Å². The summed E-state index contributed by atoms with van der Waals surface area (Å²) in [5.41, 5.74) is 2.07. The molecule has 0 saturated heterocycles. The molecule has 0 radical (unpaired) electrons. The van der Waals surface area contributed by atoms with Crippen LogP contribution in [-0.4, -0.2) is 22.7 Å². The highest BCUT2D eigenvalue weighted by molar-refractivity contribution is 6.02. The largest absolute Gasteiger partial charge is 0.477 e. The van der Waals surface area contributed by atoms with E-state index in [4.69, 9.17) is 4.74 Å². The standard InChI is InChI=1S/C14H15N3O2/c1-3-19-13-8-7-12(16-17-13)14(18)15-11-6-4-5-10(2)9-11/h4-9H,3H2,1-2H3,(H,15,18). The number of anilines is 1. The second kappa shape index (κ2) is 5.95. The number of carbonyl (C=O) groups excluding carboxylic acids is 1. The SMILES string of the molecule is CCOc1ccc(C(=O)Nc2cccc(C)c2)nn1. The summed E-state index contributed by atoms with van der Waals surface area (Å²) in [5, 5.41) is 10.4. The minimum Gasteiger partial charge on any atom is -0.477 e. The van der Waals surface area contributed by atoms with Crippen LogP contribution in [0.4, 0.5) is 5.69 Å². The van der Waals surface area contributed by atoms with Crippen LogP contribution in [0.25, 0.3) is 0 Å². The third-order valence-electron chi connectivity index (χ3n) is 2.44. The first-order chi connectivity index (χ1) is 9.19. The molecule has 19 heavy (non-hydrogen) atoms. The molecule has 0 aliphatic heterocycles. The summed E-state index contributed by atoms with van der Waals surface area (Å²) >= 11 is 0. The van der Waals surface area contributed by atoms with Gasteiger partial charge in [-0.2, -0.15) is 0 Å². The van der Waals surface area contributed by atoms with E-state index in [2.05, 4.69) is 15.5 Å². The lowest BCUT2D eigenvalue weighted by Crippen LogP contribution is -2.14. The molecule has 0 aliphatic carbocycles. The predicted octanol–water partition coefficient (Wildman–Crippen LogP) is 2.44. The third-order valence-corrected chi connectivity index (χ3v) is 2.44. The molecule has 98 valence electrons. The fraction of sp³-hybridized carbons (Fsp3) is 0.214. The Balaban J connectivity index is 2.07. The smallest absolute Gasteiger partial charge is 0.276 e. The normalized spacial score (nSPS) is 10.0. The molecule has 0 unspecified atom stereocenters. The van der Waals surface area contributed by atoms with Gasteiger partial charge in [0.1, 0.15) is 0 Å². The Morgan fingerprint density at radius 1 is 1.26 bits per heavy atom. The van der Waals surface area contributed by atoms with Crippen molar-refractivity contribution < 1.29 is 9.53 Å². The molecule has 5 nitrogen and oxygen atoms in total. The van der Waals surface area contributed by atoms with Crippen molar-refractivity contribution >= 4 is 11.6 Å². The van der Waals surface area contributed by atoms with Crippen LogP contribution in [0.2, 0.25) is 0 Å². The fourth-order valence-electron chi connectivity index (χ4n) is 1.58. The lowest BCUT2D eigenvalue weighted by Gasteiger charge is -2.05. The number of aryl methyl sites for hydroxylation is 1. The van der Waals surface area contributed by atoms with E-state index in [0.29, 0.717) is 12.5 Å². The van der Waals surface area contributed by atoms with Gasteiger partial charge in [-0.25, -0.2) is 0 Å². The Hall–Kier alpha value is -2.43. The second-order valence-electron chi connectivity index (χ2n) is 4.01. The van der Waals surface area contributed by atoms with Crippen molar-refractivity contribution in [2.24, 2.45) is 0 Å². The van der Waals surface area contributed by atoms with Gasteiger partial charge in [0.25, 0.3) is 5.91 Å². The van der Waals surface area contributed by atoms with Crippen LogP contribution in [0.1, 0.15) is 23.0 Å². The van der Waals surface area contributed by atoms with Gasteiger partial charge in [0.15, 0.2) is 5.69 Å². The van der Waals surface area contributed by atoms with E-state index in [-0.39, 0.29) is 11.6 Å². The maximum atomic E-state index is 11.9. The molecule has 1 aromatic heterocycles. The van der Waals surface area contributed by atoms with E-state index in [1.807, 2.05) is 38.1 Å². The minimum absolute atomic E-state index is 0.255. The number of aromatic nitrogens is 2. The fourth-order valence-corrected chi connectivity index (χ4v) is 1.58. The highest BCUT2D eigenvalue weighted by Gasteiger charge is 2.08. The Bertz CT molecular complexity index is 567. The van der Waals surface area contributed by atoms with E-state index in [9.17, 15) is 4.79 Å². The van der Waals surface area contributed by atoms with Crippen molar-refractivity contribution in [3.63, 3.8) is 0 Å². The van der Waals surface area contributed by atoms with Gasteiger partial charge in [-0.1, -0.05) is 12.1 Å². The lowest BCUT2D eigenvalue weighted by molar-refractivity contribution is 0.102. The number of benzene rings is 1. The van der Waals surface area contributed by atoms with Gasteiger partial charge in [-0.3, -0.25) is 4.79 Å². The van der Waals surface area contributed by atoms with Crippen molar-refractivity contribution in [2.75, 3.05) is 11.9 Å². The highest BCUT2D eigenvalue weighted by Crippen LogP contribution is 2.11. The molecular formula is C14H15N3O2. The van der Waals surface area contributed by atoms with E-state index in [1.165, 1.54) is 0 Å². The van der Waals surface area contributed by atoms with Crippen LogP contribution in [-0.2, 0) is 0 Å². The van der Waals surface area contributed by atoms with Crippen molar-refractivity contribution in [2.45, 2.75) is 13.8 Å². The zero-order valence-corrected chi connectivity index (χ0v) is 10.9. The van der Waals surface area contributed by atoms with E-state index < -0.39 is 0 Å². The van der Waals surface area contributed by atoms with Crippen molar-refractivity contribution in [1.29, 1.82) is 0 Å². The Labute approximate surface area is 111 Å². The van der Waals surface area contributed by atoms with E-state index in [0.717, 1.165) is 11.3 Å². The second-order valence-corrected chi connectivity index (χ2v) is 4.01. The summed E-state index contributed by atoms with van der Waals surface area (Å²) < 4.78 is 5.17. The van der Waals surface area contributed by atoms with Crippen LogP contribution in [0.15, 0.2) is 36.4 Å². The minimum atomic E-state index is -0.291. The number of nitrogens with zero attached hydrogens (tertiary/aromatic N) is 2. The van der Waals surface area contributed by atoms with Crippen molar-refractivity contribution in [3.8, 4) is 5.88 Å². The molecular weight excluding hydrogens is 242 g/mol. The van der Waals surface area contributed by atoms with Crippen molar-refractivity contribution in [1.82, 2.24) is 10.2 Å². The summed E-state index contributed by atoms with van der Waals surface area (Å²) in [4.78, 5) is 11.9. The molecule has 0 atom stereocenters. The van der Waals surface area contributed by atoms with Gasteiger partial charge in [0.05, 0.1) is 6.61 Å². The summed E-state index contributed by atoms with van der Waals surface area (Å²) in [6, 6.07) is 10.8. The molecule has 0 fully saturated rings. The number of hydrogen-bond donors (Lipinski definition) is 1. The zero-order chi connectivity index (χ0) is 13.7. The Morgan fingerprint density at radius 3 is 2.74 bits per heavy atom. The lowest BCUT2D eigenvalue weighted by atomic mass is 10.2. The van der Waals surface area contributed by atoms with E-state index >= 15 is 0 Å². The average Bonchev–Trinajstić information content (AvgIpc) is 2.40. The van der Waals surface area contributed by atoms with Gasteiger partial charge in [0, 0.05) is 11.8 Å². The van der Waals surface area contributed by atoms with Gasteiger partial charge in [-0.05, 0) is 37.6 Å². The number of amides is 1. The summed E-state index contributed by atoms with van der Waals surface area (Å²) in [6.45, 7) is 4.34. The molecule has 1 N–H and O–H groups in total. The first-order valence-corrected chi connectivity index (χ1v) is 6.03. The number of ether oxygens (including phenoxy) is 1. The molecule has 0 aliphatic rings. The van der Waals surface area contributed by atoms with Gasteiger partial charge < -0.3 is 10.1 Å². The Morgan fingerprint density at radius 2 is 2.11 bits per heavy atom. The molecule has 0 saturated carbocycles. The summed E-state index contributed by atoms with van der Waals surface area (Å²) in [7, 11) is 0. The van der Waals surface area contributed by atoms with Crippen LogP contribution in [0.5, 0.6) is 5.88 Å². The van der Waals surface area contributed by atoms with Crippen molar-refractivity contribution in [3.05, 3.63) is 47.7 Å². The first-order valence-electron chi connectivity index (χ1n) is 6.03. The van der Waals surface area contributed by atoms with Crippen LogP contribution in [0.3, 0.4) is 0 Å². The summed E-state index contributed by atoms with van der Waals surface area (Å²) in [5.74, 6) is 0.121. The maximum absolute atomic E-state index is 11.9. The monoisotopic (exact) mass is 257 g/mol. The van der Waals surface area contributed by atoms with Crippen LogP contribution < -0.4 is 10.1 Å². The molecule has 2 rings (SSSR count). The van der Waals surface area contributed by atoms with Crippen LogP contribution in [0, 0.1) is 6.92 Å². The number of carbonyl (C=O) groups is 1. The molecule has 5 heteroatoms. The Kier molecular flexibility index (Phi) is 4.07. The molecule has 1 amide bonds. The third kappa shape index (κ3) is 3.51. The number of rotatable bonds is 4. The quantitative estimate of drug-likeness (QED) is 0.913. The van der Waals surface area contributed by atoms with E-state index in [1.54, 1.807) is 12.1 Å². The molecule has 2 aromatic rings. The number of hydrogen-bond acceptors (Lipinski definition) is 4. The molecule has 0 bridgehead atoms. The van der Waals surface area contributed by atoms with Gasteiger partial charge in [0.2, 0.25) is 5.88 Å². The molecule has 1 heterocycles. The summed E-state index contributed by atoms with van der Waals surface area (Å²) in [6.07, 6.45) is 0.